The van der Waals surface area contributed by atoms with Crippen LogP contribution in [0.4, 0.5) is 24.9 Å². The topological polar surface area (TPSA) is 136 Å². The quantitative estimate of drug-likeness (QED) is 0.176. The summed E-state index contributed by atoms with van der Waals surface area (Å²) in [6, 6.07) is 6.27. The lowest BCUT2D eigenvalue weighted by Crippen LogP contribution is -2.47. The summed E-state index contributed by atoms with van der Waals surface area (Å²) in [5, 5.41) is 38.6. The summed E-state index contributed by atoms with van der Waals surface area (Å²) in [6.07, 6.45) is -2.79. The molecule has 0 amide bonds. The average molecular weight is 589 g/mol. The number of alkyl halides is 3. The number of anilines is 2. The molecule has 1 fully saturated rings. The van der Waals surface area contributed by atoms with E-state index in [1.165, 1.54) is 23.5 Å². The van der Waals surface area contributed by atoms with Gasteiger partial charge >= 0.3 is 6.18 Å². The highest BCUT2D eigenvalue weighted by Gasteiger charge is 2.47. The smallest absolute Gasteiger partial charge is 0.396 e. The van der Waals surface area contributed by atoms with Gasteiger partial charge in [-0.2, -0.15) is 18.2 Å². The minimum absolute atomic E-state index is 0.106. The summed E-state index contributed by atoms with van der Waals surface area (Å²) in [7, 11) is 0. The summed E-state index contributed by atoms with van der Waals surface area (Å²) in [6.45, 7) is 5.31. The van der Waals surface area contributed by atoms with Crippen molar-refractivity contribution in [2.75, 3.05) is 17.2 Å². The number of halogens is 3. The summed E-state index contributed by atoms with van der Waals surface area (Å²) < 4.78 is 40.0. The van der Waals surface area contributed by atoms with Crippen LogP contribution in [0.2, 0.25) is 0 Å². The maximum absolute atomic E-state index is 13.0. The van der Waals surface area contributed by atoms with E-state index in [4.69, 9.17) is 4.98 Å². The van der Waals surface area contributed by atoms with Gasteiger partial charge in [0.15, 0.2) is 5.72 Å². The zero-order chi connectivity index (χ0) is 29.5. The zero-order valence-corrected chi connectivity index (χ0v) is 23.5. The molecule has 1 aliphatic carbocycles. The van der Waals surface area contributed by atoms with Crippen LogP contribution in [0.3, 0.4) is 0 Å². The molecule has 4 aromatic rings. The number of benzene rings is 1. The lowest BCUT2D eigenvalue weighted by atomic mass is 10.00. The Labute approximate surface area is 238 Å². The lowest BCUT2D eigenvalue weighted by molar-refractivity contribution is -0.137. The number of fused-ring (bicyclic) bond motifs is 1. The maximum atomic E-state index is 13.0. The van der Waals surface area contributed by atoms with Crippen LogP contribution >= 0.6 is 11.3 Å². The highest BCUT2D eigenvalue weighted by Crippen LogP contribution is 2.42. The van der Waals surface area contributed by atoms with E-state index >= 15 is 0 Å². The monoisotopic (exact) mass is 588 g/mol. The number of hydrogen-bond acceptors (Lipinski definition) is 10. The summed E-state index contributed by atoms with van der Waals surface area (Å²) in [4.78, 5) is 18.4. The Balaban J connectivity index is 1.52. The molecule has 3 aromatic heterocycles. The Morgan fingerprint density at radius 1 is 1.10 bits per heavy atom. The largest absolute Gasteiger partial charge is 0.416 e. The molecule has 5 rings (SSSR count). The second-order valence-electron chi connectivity index (χ2n) is 10.4. The van der Waals surface area contributed by atoms with Crippen LogP contribution in [0.25, 0.3) is 20.8 Å². The Bertz CT molecular complexity index is 1550. The maximum Gasteiger partial charge on any atom is 0.416 e. The normalized spacial score (nSPS) is 21.8. The first-order valence-electron chi connectivity index (χ1n) is 13.2. The molecule has 1 saturated carbocycles. The van der Waals surface area contributed by atoms with E-state index in [0.717, 1.165) is 28.0 Å². The average Bonchev–Trinajstić information content (AvgIpc) is 3.46. The third-order valence-electron chi connectivity index (χ3n) is 7.54. The van der Waals surface area contributed by atoms with E-state index < -0.39 is 29.6 Å². The number of aryl methyl sites for hydroxylation is 2. The molecule has 5 N–H and O–H groups in total. The third-order valence-corrected chi connectivity index (χ3v) is 8.58. The number of nitrogens with one attached hydrogen (secondary N) is 2. The third kappa shape index (κ3) is 5.85. The van der Waals surface area contributed by atoms with Crippen LogP contribution in [0, 0.1) is 19.8 Å². The molecule has 1 aliphatic rings. The van der Waals surface area contributed by atoms with E-state index in [1.807, 2.05) is 13.0 Å². The molecule has 0 radical (unpaired) electrons. The number of nitrogens with zero attached hydrogens (tertiary/aromatic N) is 4. The first-order chi connectivity index (χ1) is 19.4. The van der Waals surface area contributed by atoms with Crippen molar-refractivity contribution >= 4 is 33.3 Å². The Hall–Kier alpha value is -3.39. The predicted octanol–water partition coefficient (Wildman–Crippen LogP) is 5.21. The number of aliphatic hydroxyl groups is 3. The summed E-state index contributed by atoms with van der Waals surface area (Å²) >= 11 is 1.42. The fraction of sp³-hybridized carbons (Fsp3) is 0.429. The Kier molecular flexibility index (Phi) is 7.90. The van der Waals surface area contributed by atoms with Gasteiger partial charge in [0.05, 0.1) is 33.3 Å². The molecule has 3 heterocycles. The van der Waals surface area contributed by atoms with Crippen molar-refractivity contribution < 1.29 is 28.5 Å². The minimum atomic E-state index is -4.43. The number of rotatable bonds is 8. The molecule has 0 bridgehead atoms. The van der Waals surface area contributed by atoms with Crippen molar-refractivity contribution in [1.29, 1.82) is 0 Å². The van der Waals surface area contributed by atoms with Gasteiger partial charge in [-0.05, 0) is 69.7 Å². The summed E-state index contributed by atoms with van der Waals surface area (Å²) in [5.41, 5.74) is 0.739. The first kappa shape index (κ1) is 29.1. The molecule has 41 heavy (non-hydrogen) atoms. The van der Waals surface area contributed by atoms with Crippen LogP contribution in [-0.2, 0) is 6.18 Å². The van der Waals surface area contributed by atoms with Crippen molar-refractivity contribution in [2.24, 2.45) is 5.92 Å². The predicted molar refractivity (Wildman–Crippen MR) is 150 cm³/mol. The first-order valence-corrected chi connectivity index (χ1v) is 14.1. The number of pyridine rings is 1. The minimum Gasteiger partial charge on any atom is -0.396 e. The van der Waals surface area contributed by atoms with Gasteiger partial charge in [0.1, 0.15) is 22.4 Å². The summed E-state index contributed by atoms with van der Waals surface area (Å²) in [5.74, 6) is 0.135. The number of hydrogen-bond donors (Lipinski definition) is 5. The molecule has 4 unspecified atom stereocenters. The molecule has 0 saturated heterocycles. The molecule has 218 valence electrons. The second-order valence-corrected chi connectivity index (χ2v) is 11.4. The van der Waals surface area contributed by atoms with Crippen molar-refractivity contribution in [3.05, 3.63) is 59.0 Å². The van der Waals surface area contributed by atoms with E-state index in [-0.39, 0.29) is 30.7 Å². The molecule has 13 heteroatoms. The van der Waals surface area contributed by atoms with Gasteiger partial charge in [-0.15, -0.1) is 11.3 Å². The van der Waals surface area contributed by atoms with Crippen LogP contribution < -0.4 is 10.6 Å². The van der Waals surface area contributed by atoms with Gasteiger partial charge in [-0.25, -0.2) is 9.97 Å². The SMILES string of the molecule is Cc1nc(NC(C)c2ccc(C(F)(F)F)cc2)nc(NC2(O)CCC(CCO)C2O)c1-c1nc2c(C)nccc2s1. The van der Waals surface area contributed by atoms with Crippen LogP contribution in [0.1, 0.15) is 54.7 Å². The molecule has 9 nitrogen and oxygen atoms in total. The van der Waals surface area contributed by atoms with Gasteiger partial charge in [-0.1, -0.05) is 12.1 Å². The molecular formula is C28H31F3N6O3S. The lowest BCUT2D eigenvalue weighted by Gasteiger charge is -2.31. The standard InChI is InChI=1S/C28H31F3N6O3S/c1-14(17-4-6-19(7-5-17)28(29,30)31)33-26-34-15(2)21(25-35-22-16(3)32-12-9-20(22)41-25)24(36-26)37-27(40)11-8-18(10-13-38)23(27)39/h4-7,9,12,14,18,23,38-40H,8,10-11,13H2,1-3H3,(H2,33,34,36,37). The van der Waals surface area contributed by atoms with Crippen LogP contribution in [0.15, 0.2) is 36.5 Å². The molecule has 4 atom stereocenters. The van der Waals surface area contributed by atoms with Crippen LogP contribution in [0.5, 0.6) is 0 Å². The van der Waals surface area contributed by atoms with Gasteiger partial charge in [0.25, 0.3) is 0 Å². The van der Waals surface area contributed by atoms with E-state index in [0.29, 0.717) is 34.7 Å². The van der Waals surface area contributed by atoms with Crippen molar-refractivity contribution in [3.63, 3.8) is 0 Å². The van der Waals surface area contributed by atoms with E-state index in [9.17, 15) is 28.5 Å². The van der Waals surface area contributed by atoms with Crippen molar-refractivity contribution in [1.82, 2.24) is 19.9 Å². The highest BCUT2D eigenvalue weighted by atomic mass is 32.1. The molecule has 0 spiro atoms. The second kappa shape index (κ2) is 11.1. The highest BCUT2D eigenvalue weighted by molar-refractivity contribution is 7.21. The number of aromatic nitrogens is 4. The van der Waals surface area contributed by atoms with Gasteiger partial charge in [0.2, 0.25) is 5.95 Å². The Morgan fingerprint density at radius 3 is 2.49 bits per heavy atom. The number of aliphatic hydroxyl groups excluding tert-OH is 2. The van der Waals surface area contributed by atoms with Crippen molar-refractivity contribution in [3.8, 4) is 10.6 Å². The van der Waals surface area contributed by atoms with Crippen LogP contribution in [-0.4, -0.2) is 53.7 Å². The fourth-order valence-corrected chi connectivity index (χ4v) is 6.33. The Morgan fingerprint density at radius 2 is 1.83 bits per heavy atom. The molecular weight excluding hydrogens is 557 g/mol. The molecule has 0 aliphatic heterocycles. The van der Waals surface area contributed by atoms with Gasteiger partial charge in [0, 0.05) is 12.8 Å². The zero-order valence-electron chi connectivity index (χ0n) is 22.7. The fourth-order valence-electron chi connectivity index (χ4n) is 5.22. The van der Waals surface area contributed by atoms with Gasteiger partial charge < -0.3 is 26.0 Å². The number of thiazole rings is 1. The van der Waals surface area contributed by atoms with E-state index in [1.54, 1.807) is 20.0 Å². The van der Waals surface area contributed by atoms with Gasteiger partial charge in [-0.3, -0.25) is 4.98 Å². The van der Waals surface area contributed by atoms with E-state index in [2.05, 4.69) is 25.6 Å². The van der Waals surface area contributed by atoms with Crippen molar-refractivity contribution in [2.45, 2.75) is 64.1 Å². The molecule has 1 aromatic carbocycles.